The van der Waals surface area contributed by atoms with E-state index in [9.17, 15) is 4.79 Å². The van der Waals surface area contributed by atoms with Crippen molar-refractivity contribution in [2.24, 2.45) is 11.8 Å². The number of rotatable bonds is 4. The Labute approximate surface area is 114 Å². The molecule has 1 N–H and O–H groups in total. The summed E-state index contributed by atoms with van der Waals surface area (Å²) >= 11 is 5.77. The van der Waals surface area contributed by atoms with Gasteiger partial charge in [0.1, 0.15) is 0 Å². The first-order chi connectivity index (χ1) is 8.70. The summed E-state index contributed by atoms with van der Waals surface area (Å²) in [6, 6.07) is 7.51. The number of carbonyl (C=O) groups excluding carboxylic acids is 1. The average Bonchev–Trinajstić information content (AvgIpc) is 2.81. The van der Waals surface area contributed by atoms with Gasteiger partial charge in [-0.05, 0) is 36.0 Å². The lowest BCUT2D eigenvalue weighted by molar-refractivity contribution is 0.0944. The highest BCUT2D eigenvalue weighted by Gasteiger charge is 2.23. The molecule has 1 fully saturated rings. The van der Waals surface area contributed by atoms with Crippen LogP contribution in [0.2, 0.25) is 0 Å². The Balaban J connectivity index is 1.90. The van der Waals surface area contributed by atoms with E-state index >= 15 is 0 Å². The maximum absolute atomic E-state index is 12.0. The first-order valence-electron chi connectivity index (χ1n) is 6.64. The molecule has 0 radical (unpaired) electrons. The zero-order valence-electron chi connectivity index (χ0n) is 10.8. The second-order valence-corrected chi connectivity index (χ2v) is 5.48. The molecule has 2 nitrogen and oxygen atoms in total. The van der Waals surface area contributed by atoms with Gasteiger partial charge in [-0.1, -0.05) is 31.9 Å². The maximum atomic E-state index is 12.0. The first kappa shape index (κ1) is 13.4. The summed E-state index contributed by atoms with van der Waals surface area (Å²) in [5.41, 5.74) is 1.69. The molecule has 0 spiro atoms. The van der Waals surface area contributed by atoms with Crippen molar-refractivity contribution in [1.29, 1.82) is 0 Å². The van der Waals surface area contributed by atoms with Gasteiger partial charge in [0, 0.05) is 18.0 Å². The van der Waals surface area contributed by atoms with Crippen LogP contribution in [0.25, 0.3) is 0 Å². The number of hydrogen-bond acceptors (Lipinski definition) is 1. The lowest BCUT2D eigenvalue weighted by atomic mass is 9.98. The van der Waals surface area contributed by atoms with Gasteiger partial charge in [0.25, 0.3) is 5.91 Å². The normalized spacial score (nSPS) is 23.0. The minimum atomic E-state index is 0.0149. The lowest BCUT2D eigenvalue weighted by Gasteiger charge is -2.16. The van der Waals surface area contributed by atoms with E-state index in [0.717, 1.165) is 18.0 Å². The molecule has 0 aromatic heterocycles. The molecule has 2 atom stereocenters. The third-order valence-corrected chi connectivity index (χ3v) is 4.22. The largest absolute Gasteiger partial charge is 0.352 e. The van der Waals surface area contributed by atoms with Gasteiger partial charge in [-0.15, -0.1) is 11.6 Å². The van der Waals surface area contributed by atoms with Crippen LogP contribution in [0.5, 0.6) is 0 Å². The molecule has 0 bridgehead atoms. The highest BCUT2D eigenvalue weighted by Crippen LogP contribution is 2.30. The smallest absolute Gasteiger partial charge is 0.251 e. The van der Waals surface area contributed by atoms with Gasteiger partial charge in [-0.2, -0.15) is 0 Å². The minimum Gasteiger partial charge on any atom is -0.352 e. The number of alkyl halides is 1. The van der Waals surface area contributed by atoms with Crippen molar-refractivity contribution in [1.82, 2.24) is 5.32 Å². The van der Waals surface area contributed by atoms with E-state index in [1.54, 1.807) is 0 Å². The van der Waals surface area contributed by atoms with E-state index < -0.39 is 0 Å². The molecule has 0 aliphatic heterocycles. The van der Waals surface area contributed by atoms with Crippen LogP contribution in [0.1, 0.15) is 42.1 Å². The molecule has 1 aliphatic carbocycles. The lowest BCUT2D eigenvalue weighted by Crippen LogP contribution is -2.30. The average molecular weight is 266 g/mol. The fraction of sp³-hybridized carbons (Fsp3) is 0.533. The fourth-order valence-corrected chi connectivity index (χ4v) is 2.81. The Morgan fingerprint density at radius 2 is 2.28 bits per heavy atom. The predicted molar refractivity (Wildman–Crippen MR) is 74.8 cm³/mol. The van der Waals surface area contributed by atoms with E-state index in [1.807, 2.05) is 24.3 Å². The molecule has 18 heavy (non-hydrogen) atoms. The zero-order valence-corrected chi connectivity index (χ0v) is 11.5. The second kappa shape index (κ2) is 6.24. The quantitative estimate of drug-likeness (QED) is 0.829. The summed E-state index contributed by atoms with van der Waals surface area (Å²) in [5, 5.41) is 3.04. The summed E-state index contributed by atoms with van der Waals surface area (Å²) in [6.45, 7) is 3.07. The monoisotopic (exact) mass is 265 g/mol. The molecule has 0 heterocycles. The zero-order chi connectivity index (χ0) is 13.0. The molecule has 2 rings (SSSR count). The number of nitrogens with one attached hydrogen (secondary N) is 1. The van der Waals surface area contributed by atoms with Gasteiger partial charge in [0.05, 0.1) is 0 Å². The van der Waals surface area contributed by atoms with Crippen molar-refractivity contribution in [2.75, 3.05) is 6.54 Å². The van der Waals surface area contributed by atoms with Crippen molar-refractivity contribution in [2.45, 2.75) is 32.1 Å². The van der Waals surface area contributed by atoms with Gasteiger partial charge in [-0.3, -0.25) is 4.79 Å². The van der Waals surface area contributed by atoms with Gasteiger partial charge in [0.15, 0.2) is 0 Å². The molecule has 98 valence electrons. The molecule has 1 aliphatic rings. The second-order valence-electron chi connectivity index (χ2n) is 5.21. The highest BCUT2D eigenvalue weighted by atomic mass is 35.5. The summed E-state index contributed by atoms with van der Waals surface area (Å²) < 4.78 is 0. The van der Waals surface area contributed by atoms with Crippen LogP contribution < -0.4 is 5.32 Å². The molecule has 0 saturated heterocycles. The Bertz CT molecular complexity index is 419. The Morgan fingerprint density at radius 1 is 1.44 bits per heavy atom. The molecule has 3 heteroatoms. The Kier molecular flexibility index (Phi) is 4.65. The summed E-state index contributed by atoms with van der Waals surface area (Å²) in [5.74, 6) is 1.84. The van der Waals surface area contributed by atoms with Crippen molar-refractivity contribution < 1.29 is 4.79 Å². The van der Waals surface area contributed by atoms with Crippen molar-refractivity contribution in [3.05, 3.63) is 35.4 Å². The van der Waals surface area contributed by atoms with Crippen LogP contribution in [-0.2, 0) is 5.88 Å². The number of carbonyl (C=O) groups is 1. The van der Waals surface area contributed by atoms with Crippen LogP contribution in [0.15, 0.2) is 24.3 Å². The van der Waals surface area contributed by atoms with Gasteiger partial charge in [0.2, 0.25) is 0 Å². The van der Waals surface area contributed by atoms with E-state index in [4.69, 9.17) is 11.6 Å². The molecular weight excluding hydrogens is 246 g/mol. The van der Waals surface area contributed by atoms with Crippen LogP contribution in [0.4, 0.5) is 0 Å². The van der Waals surface area contributed by atoms with Crippen LogP contribution >= 0.6 is 11.6 Å². The summed E-state index contributed by atoms with van der Waals surface area (Å²) in [7, 11) is 0. The van der Waals surface area contributed by atoms with Gasteiger partial charge in [-0.25, -0.2) is 0 Å². The number of hydrogen-bond donors (Lipinski definition) is 1. The third-order valence-electron chi connectivity index (χ3n) is 3.91. The van der Waals surface area contributed by atoms with Gasteiger partial charge >= 0.3 is 0 Å². The molecule has 1 amide bonds. The summed E-state index contributed by atoms with van der Waals surface area (Å²) in [6.07, 6.45) is 3.83. The van der Waals surface area contributed by atoms with E-state index in [-0.39, 0.29) is 5.91 Å². The topological polar surface area (TPSA) is 29.1 Å². The standard InChI is InChI=1S/C15H20ClNO/c1-11-4-2-7-14(11)10-17-15(18)13-6-3-5-12(8-13)9-16/h3,5-6,8,11,14H,2,4,7,9-10H2,1H3,(H,17,18). The number of benzene rings is 1. The summed E-state index contributed by atoms with van der Waals surface area (Å²) in [4.78, 5) is 12.0. The molecule has 2 unspecified atom stereocenters. The molecular formula is C15H20ClNO. The number of halogens is 1. The predicted octanol–water partition coefficient (Wildman–Crippen LogP) is 3.59. The highest BCUT2D eigenvalue weighted by molar-refractivity contribution is 6.17. The first-order valence-corrected chi connectivity index (χ1v) is 7.17. The van der Waals surface area contributed by atoms with Crippen molar-refractivity contribution >= 4 is 17.5 Å². The van der Waals surface area contributed by atoms with E-state index in [0.29, 0.717) is 17.4 Å². The SMILES string of the molecule is CC1CCCC1CNC(=O)c1cccc(CCl)c1. The molecule has 1 saturated carbocycles. The fourth-order valence-electron chi connectivity index (χ4n) is 2.65. The molecule has 1 aromatic rings. The van der Waals surface area contributed by atoms with Gasteiger partial charge < -0.3 is 5.32 Å². The van der Waals surface area contributed by atoms with Crippen molar-refractivity contribution in [3.8, 4) is 0 Å². The maximum Gasteiger partial charge on any atom is 0.251 e. The minimum absolute atomic E-state index is 0.0149. The number of amides is 1. The van der Waals surface area contributed by atoms with E-state index in [1.165, 1.54) is 19.3 Å². The third kappa shape index (κ3) is 3.26. The molecule has 1 aromatic carbocycles. The Morgan fingerprint density at radius 3 is 2.94 bits per heavy atom. The van der Waals surface area contributed by atoms with Crippen LogP contribution in [0.3, 0.4) is 0 Å². The van der Waals surface area contributed by atoms with Crippen LogP contribution in [0, 0.1) is 11.8 Å². The Hall–Kier alpha value is -1.02. The van der Waals surface area contributed by atoms with E-state index in [2.05, 4.69) is 12.2 Å². The van der Waals surface area contributed by atoms with Crippen LogP contribution in [-0.4, -0.2) is 12.5 Å². The van der Waals surface area contributed by atoms with Crippen molar-refractivity contribution in [3.63, 3.8) is 0 Å².